The summed E-state index contributed by atoms with van der Waals surface area (Å²) >= 11 is -4.64. The molecule has 0 amide bonds. The predicted molar refractivity (Wildman–Crippen MR) is 39.1 cm³/mol. The molecule has 0 rings (SSSR count). The molecule has 78 valence electrons. The molecule has 0 aromatic rings. The fraction of sp³-hybridized carbons (Fsp3) is 0.500. The number of carboxylic acids is 3. The summed E-state index contributed by atoms with van der Waals surface area (Å²) in [5, 5.41) is 25.2. The fourth-order valence-electron chi connectivity index (χ4n) is 1.03. The van der Waals surface area contributed by atoms with Gasteiger partial charge in [0.1, 0.15) is 0 Å². The first-order valence-corrected chi connectivity index (χ1v) is 11.9. The molecule has 0 atom stereocenters. The summed E-state index contributed by atoms with van der Waals surface area (Å²) < 4.78 is 7.54. The van der Waals surface area contributed by atoms with Gasteiger partial charge in [-0.1, -0.05) is 0 Å². The summed E-state index contributed by atoms with van der Waals surface area (Å²) in [7, 11) is 0. The number of carboxylic acid groups (broad SMARTS) is 3. The van der Waals surface area contributed by atoms with Gasteiger partial charge in [-0.2, -0.15) is 0 Å². The molecule has 0 radical (unpaired) electrons. The van der Waals surface area contributed by atoms with Crippen molar-refractivity contribution in [2.24, 2.45) is 0 Å². The van der Waals surface area contributed by atoms with Crippen LogP contribution in [0.4, 0.5) is 0 Å². The van der Waals surface area contributed by atoms with Crippen LogP contribution in [-0.4, -0.2) is 33.2 Å². The van der Waals surface area contributed by atoms with E-state index in [4.69, 9.17) is 15.3 Å². The van der Waals surface area contributed by atoms with Crippen molar-refractivity contribution in [3.8, 4) is 0 Å². The second-order valence-corrected chi connectivity index (χ2v) is 14.2. The van der Waals surface area contributed by atoms with Gasteiger partial charge in [-0.3, -0.25) is 0 Å². The number of hydrogen-bond acceptors (Lipinski definition) is 4. The van der Waals surface area contributed by atoms with E-state index in [0.717, 1.165) is 0 Å². The van der Waals surface area contributed by atoms with Gasteiger partial charge in [0, 0.05) is 0 Å². The molecule has 0 aliphatic rings. The van der Waals surface area contributed by atoms with Crippen LogP contribution in [0, 0.1) is 33.5 Å². The minimum absolute atomic E-state index is 0.689. The summed E-state index contributed by atoms with van der Waals surface area (Å²) in [6, 6.07) is 0. The Labute approximate surface area is 86.5 Å². The molecule has 0 heterocycles. The molecule has 0 aromatic carbocycles. The van der Waals surface area contributed by atoms with Crippen LogP contribution in [0.15, 0.2) is 0 Å². The van der Waals surface area contributed by atoms with Crippen molar-refractivity contribution in [1.29, 1.82) is 1.21 Å². The molecule has 0 bridgehead atoms. The third-order valence-corrected chi connectivity index (χ3v) is 10.7. The molecule has 0 unspecified atom stereocenters. The molecule has 0 spiro atoms. The van der Waals surface area contributed by atoms with E-state index in [1.807, 2.05) is 0 Å². The normalized spacial score (nSPS) is 9.64. The second kappa shape index (κ2) is 5.38. The zero-order valence-corrected chi connectivity index (χ0v) is 10.3. The third kappa shape index (κ3) is 6.01. The fourth-order valence-corrected chi connectivity index (χ4v) is 7.65. The Hall–Kier alpha value is -0.529. The Morgan fingerprint density at radius 2 is 1.07 bits per heavy atom. The van der Waals surface area contributed by atoms with Crippen molar-refractivity contribution in [2.75, 3.05) is 0 Å². The molecule has 3 N–H and O–H groups in total. The minimum atomic E-state index is -4.64. The first kappa shape index (κ1) is 13.5. The third-order valence-electron chi connectivity index (χ3n) is 1.44. The molecule has 8 heteroatoms. The van der Waals surface area contributed by atoms with Gasteiger partial charge in [0.15, 0.2) is 0 Å². The van der Waals surface area contributed by atoms with E-state index in [1.54, 1.807) is 0 Å². The SMILES string of the molecule is [N]#[Nd]([CH2]C(=O)O)([CH2]C(=O)O)[CH2]C(=O)O. The maximum atomic E-state index is 10.3. The average molecular weight is 335 g/mol. The molecular weight excluding hydrogens is 326 g/mol. The first-order valence-electron chi connectivity index (χ1n) is 3.63. The van der Waals surface area contributed by atoms with Crippen LogP contribution in [0.1, 0.15) is 0 Å². The van der Waals surface area contributed by atoms with Gasteiger partial charge in [-0.25, -0.2) is 0 Å². The van der Waals surface area contributed by atoms with Crippen LogP contribution in [0.25, 0.3) is 0 Å². The zero-order valence-electron chi connectivity index (χ0n) is 7.13. The predicted octanol–water partition coefficient (Wildman–Crippen LogP) is 0.131. The number of nitrogens with zero attached hydrogens (tertiary/aromatic N) is 1. The van der Waals surface area contributed by atoms with E-state index in [9.17, 15) is 15.6 Å². The van der Waals surface area contributed by atoms with Crippen LogP contribution in [0.5, 0.6) is 0 Å². The molecule has 0 aromatic heterocycles. The molecule has 0 saturated carbocycles. The number of rotatable bonds is 3. The molecule has 14 heavy (non-hydrogen) atoms. The topological polar surface area (TPSA) is 136 Å². The zero-order chi connectivity index (χ0) is 11.4. The Bertz CT molecular complexity index is 311. The van der Waals surface area contributed by atoms with Crippen molar-refractivity contribution in [1.82, 2.24) is 0 Å². The molecule has 0 saturated heterocycles. The van der Waals surface area contributed by atoms with Gasteiger partial charge >= 0.3 is 87.3 Å². The Balaban J connectivity index is 4.69. The second-order valence-electron chi connectivity index (χ2n) is 2.94. The van der Waals surface area contributed by atoms with Crippen LogP contribution in [-0.2, 0) is 14.4 Å². The van der Waals surface area contributed by atoms with E-state index in [0.29, 0.717) is 0 Å². The van der Waals surface area contributed by atoms with E-state index < -0.39 is 56.4 Å². The summed E-state index contributed by atoms with van der Waals surface area (Å²) in [5.41, 5.74) is 0. The summed E-state index contributed by atoms with van der Waals surface area (Å²) in [6.07, 6.45) is 0. The maximum absolute atomic E-state index is 10.3. The van der Waals surface area contributed by atoms with Crippen LogP contribution < -0.4 is 0 Å². The van der Waals surface area contributed by atoms with Gasteiger partial charge in [-0.15, -0.1) is 0 Å². The Morgan fingerprint density at radius 1 is 0.857 bits per heavy atom. The number of carbonyl (C=O) groups is 3. The van der Waals surface area contributed by atoms with Crippen LogP contribution >= 0.6 is 0 Å². The van der Waals surface area contributed by atoms with Crippen molar-refractivity contribution < 1.29 is 62.0 Å². The number of aliphatic carboxylic acids is 3. The van der Waals surface area contributed by atoms with Gasteiger partial charge in [0.25, 0.3) is 0 Å². The van der Waals surface area contributed by atoms with Crippen molar-refractivity contribution in [3.05, 3.63) is 0 Å². The average Bonchev–Trinajstić information content (AvgIpc) is 1.76. The van der Waals surface area contributed by atoms with E-state index in [-0.39, 0.29) is 0 Å². The van der Waals surface area contributed by atoms with Gasteiger partial charge in [0.2, 0.25) is 0 Å². The van der Waals surface area contributed by atoms with Crippen molar-refractivity contribution in [2.45, 2.75) is 6.21 Å². The monoisotopic (exact) mass is 333 g/mol. The Kier molecular flexibility index (Phi) is 5.17. The van der Waals surface area contributed by atoms with Gasteiger partial charge < -0.3 is 0 Å². The molecule has 0 aliphatic carbocycles. The summed E-state index contributed by atoms with van der Waals surface area (Å²) in [6.45, 7) is 0. The summed E-state index contributed by atoms with van der Waals surface area (Å²) in [4.78, 5) is 30.9. The van der Waals surface area contributed by atoms with E-state index in [1.165, 1.54) is 0 Å². The van der Waals surface area contributed by atoms with E-state index >= 15 is 0 Å². The molecule has 0 aliphatic heterocycles. The first-order chi connectivity index (χ1) is 6.25. The van der Waals surface area contributed by atoms with Crippen LogP contribution in [0.2, 0.25) is 6.21 Å². The molecule has 0 fully saturated rings. The standard InChI is InChI=1S/3C2H3O2.N.Nd/c3*1-2(3)4;;/h3*1H2,(H,3,4);;. The van der Waals surface area contributed by atoms with Crippen molar-refractivity contribution in [3.63, 3.8) is 0 Å². The number of hydrogen-bond donors (Lipinski definition) is 3. The van der Waals surface area contributed by atoms with Gasteiger partial charge in [-0.05, 0) is 0 Å². The summed E-state index contributed by atoms with van der Waals surface area (Å²) in [5.74, 6) is -4.05. The van der Waals surface area contributed by atoms with Crippen molar-refractivity contribution >= 4 is 17.9 Å². The molecule has 7 nitrogen and oxygen atoms in total. The Morgan fingerprint density at radius 3 is 1.21 bits per heavy atom. The van der Waals surface area contributed by atoms with Gasteiger partial charge in [0.05, 0.1) is 0 Å². The van der Waals surface area contributed by atoms with Crippen LogP contribution in [0.3, 0.4) is 0 Å². The van der Waals surface area contributed by atoms with E-state index in [2.05, 4.69) is 0 Å². The quantitative estimate of drug-likeness (QED) is 0.667. The molecular formula is C6H9NNdO6.